The quantitative estimate of drug-likeness (QED) is 0.616. The first kappa shape index (κ1) is 5.62. The summed E-state index contributed by atoms with van der Waals surface area (Å²) >= 11 is 1.76. The Kier molecular flexibility index (Phi) is 1.91. The van der Waals surface area contributed by atoms with Crippen LogP contribution < -0.4 is 4.98 Å². The monoisotopic (exact) mass is 130 g/mol. The molecule has 2 N–H and O–H groups in total. The molecule has 1 aromatic heterocycles. The lowest BCUT2D eigenvalue weighted by molar-refractivity contribution is -0.388. The molecule has 0 aliphatic heterocycles. The highest BCUT2D eigenvalue weighted by atomic mass is 32.2. The van der Waals surface area contributed by atoms with Crippen LogP contribution in [0.5, 0.6) is 0 Å². The van der Waals surface area contributed by atoms with Crippen molar-refractivity contribution in [3.05, 3.63) is 12.2 Å². The van der Waals surface area contributed by atoms with Gasteiger partial charge in [0, 0.05) is 5.10 Å². The molecule has 0 aliphatic carbocycles. The van der Waals surface area contributed by atoms with Gasteiger partial charge in [-0.15, -0.1) is 5.10 Å². The predicted molar refractivity (Wildman–Crippen MR) is 32.4 cm³/mol. The molecule has 0 radical (unpaired) electrons. The largest absolute Gasteiger partial charge is 0.262 e. The minimum Gasteiger partial charge on any atom is -0.248 e. The van der Waals surface area contributed by atoms with Crippen LogP contribution in [-0.2, 0) is 5.75 Å². The molecule has 0 unspecified atom stereocenters. The van der Waals surface area contributed by atoms with Gasteiger partial charge < -0.3 is 0 Å². The SMILES string of the molecule is CSCc1[nH]nc[nH+]1. The lowest BCUT2D eigenvalue weighted by Gasteiger charge is -1.79. The van der Waals surface area contributed by atoms with E-state index in [2.05, 4.69) is 21.4 Å². The molecular weight excluding hydrogens is 122 g/mol. The summed E-state index contributed by atoms with van der Waals surface area (Å²) in [5, 5.41) is 6.56. The summed E-state index contributed by atoms with van der Waals surface area (Å²) in [5.74, 6) is 2.04. The Balaban J connectivity index is 2.50. The number of hydrogen-bond donors (Lipinski definition) is 1. The van der Waals surface area contributed by atoms with Crippen molar-refractivity contribution >= 4 is 11.8 Å². The van der Waals surface area contributed by atoms with Crippen molar-refractivity contribution in [2.45, 2.75) is 5.75 Å². The van der Waals surface area contributed by atoms with E-state index in [0.717, 1.165) is 11.6 Å². The Labute approximate surface area is 51.9 Å². The Hall–Kier alpha value is -0.510. The van der Waals surface area contributed by atoms with E-state index in [1.807, 2.05) is 0 Å². The summed E-state index contributed by atoms with van der Waals surface area (Å²) in [6, 6.07) is 0. The zero-order chi connectivity index (χ0) is 5.82. The van der Waals surface area contributed by atoms with Crippen LogP contribution in [0.1, 0.15) is 5.82 Å². The molecular formula is C4H8N3S+. The molecule has 8 heavy (non-hydrogen) atoms. The number of thioether (sulfide) groups is 1. The molecule has 1 aromatic rings. The normalized spacial score (nSPS) is 9.62. The fourth-order valence-electron chi connectivity index (χ4n) is 0.471. The average Bonchev–Trinajstić information content (AvgIpc) is 2.19. The van der Waals surface area contributed by atoms with Gasteiger partial charge in [-0.05, 0) is 6.26 Å². The maximum absolute atomic E-state index is 3.75. The maximum atomic E-state index is 3.75. The molecule has 1 rings (SSSR count). The second-order valence-electron chi connectivity index (χ2n) is 1.43. The molecule has 4 heteroatoms. The van der Waals surface area contributed by atoms with Gasteiger partial charge >= 0.3 is 0 Å². The third-order valence-corrected chi connectivity index (χ3v) is 1.37. The molecule has 0 atom stereocenters. The molecule has 0 fully saturated rings. The Morgan fingerprint density at radius 1 is 2.00 bits per heavy atom. The fourth-order valence-corrected chi connectivity index (χ4v) is 0.907. The average molecular weight is 130 g/mol. The molecule has 0 aliphatic rings. The number of hydrogen-bond acceptors (Lipinski definition) is 2. The Morgan fingerprint density at radius 3 is 3.38 bits per heavy atom. The minimum atomic E-state index is 0.972. The van der Waals surface area contributed by atoms with E-state index in [1.165, 1.54) is 0 Å². The molecule has 0 saturated carbocycles. The summed E-state index contributed by atoms with van der Waals surface area (Å²) in [4.78, 5) is 2.95. The molecule has 0 amide bonds. The van der Waals surface area contributed by atoms with Crippen molar-refractivity contribution in [2.24, 2.45) is 0 Å². The van der Waals surface area contributed by atoms with Crippen LogP contribution in [0, 0.1) is 0 Å². The van der Waals surface area contributed by atoms with E-state index in [4.69, 9.17) is 0 Å². The van der Waals surface area contributed by atoms with Crippen molar-refractivity contribution in [1.29, 1.82) is 0 Å². The smallest absolute Gasteiger partial charge is 0.248 e. The topological polar surface area (TPSA) is 42.8 Å². The maximum Gasteiger partial charge on any atom is 0.262 e. The zero-order valence-corrected chi connectivity index (χ0v) is 5.46. The van der Waals surface area contributed by atoms with E-state index < -0.39 is 0 Å². The first-order chi connectivity index (χ1) is 3.93. The van der Waals surface area contributed by atoms with Gasteiger partial charge in [-0.2, -0.15) is 11.8 Å². The number of rotatable bonds is 2. The highest BCUT2D eigenvalue weighted by Gasteiger charge is 1.96. The van der Waals surface area contributed by atoms with Crippen LogP contribution in [0.3, 0.4) is 0 Å². The molecule has 0 saturated heterocycles. The number of H-pyrrole nitrogens is 2. The van der Waals surface area contributed by atoms with E-state index >= 15 is 0 Å². The molecule has 0 aromatic carbocycles. The van der Waals surface area contributed by atoms with Crippen molar-refractivity contribution in [3.8, 4) is 0 Å². The number of nitrogens with one attached hydrogen (secondary N) is 2. The molecule has 0 bridgehead atoms. The third kappa shape index (κ3) is 1.23. The van der Waals surface area contributed by atoms with Crippen LogP contribution in [0.2, 0.25) is 0 Å². The summed E-state index contributed by atoms with van der Waals surface area (Å²) in [6.07, 6.45) is 3.69. The Morgan fingerprint density at radius 2 is 2.88 bits per heavy atom. The highest BCUT2D eigenvalue weighted by Crippen LogP contribution is 1.97. The first-order valence-corrected chi connectivity index (χ1v) is 3.71. The van der Waals surface area contributed by atoms with Crippen LogP contribution in [0.15, 0.2) is 6.33 Å². The summed E-state index contributed by atoms with van der Waals surface area (Å²) in [5.41, 5.74) is 0. The van der Waals surface area contributed by atoms with Gasteiger partial charge in [0.2, 0.25) is 5.82 Å². The Bertz CT molecular complexity index is 137. The number of aromatic nitrogens is 3. The lowest BCUT2D eigenvalue weighted by atomic mass is 10.7. The van der Waals surface area contributed by atoms with E-state index in [0.29, 0.717) is 0 Å². The van der Waals surface area contributed by atoms with Crippen LogP contribution in [0.25, 0.3) is 0 Å². The van der Waals surface area contributed by atoms with Gasteiger partial charge in [-0.25, -0.2) is 4.98 Å². The van der Waals surface area contributed by atoms with Gasteiger partial charge in [-0.3, -0.25) is 0 Å². The number of aromatic amines is 2. The summed E-state index contributed by atoms with van der Waals surface area (Å²) in [6.45, 7) is 0. The lowest BCUT2D eigenvalue weighted by Crippen LogP contribution is -2.03. The van der Waals surface area contributed by atoms with Gasteiger partial charge in [0.25, 0.3) is 6.33 Å². The summed E-state index contributed by atoms with van der Waals surface area (Å²) in [7, 11) is 0. The zero-order valence-electron chi connectivity index (χ0n) is 4.64. The molecule has 0 spiro atoms. The third-order valence-electron chi connectivity index (χ3n) is 0.792. The second kappa shape index (κ2) is 2.71. The van der Waals surface area contributed by atoms with Crippen molar-refractivity contribution in [1.82, 2.24) is 10.2 Å². The van der Waals surface area contributed by atoms with Crippen LogP contribution in [-0.4, -0.2) is 16.5 Å². The van der Waals surface area contributed by atoms with E-state index in [9.17, 15) is 0 Å². The van der Waals surface area contributed by atoms with Crippen LogP contribution >= 0.6 is 11.8 Å². The highest BCUT2D eigenvalue weighted by molar-refractivity contribution is 7.97. The van der Waals surface area contributed by atoms with Gasteiger partial charge in [0.05, 0.1) is 5.75 Å². The van der Waals surface area contributed by atoms with E-state index in [-0.39, 0.29) is 0 Å². The van der Waals surface area contributed by atoms with Gasteiger partial charge in [-0.1, -0.05) is 0 Å². The molecule has 44 valence electrons. The van der Waals surface area contributed by atoms with Gasteiger partial charge in [0.15, 0.2) is 0 Å². The minimum absolute atomic E-state index is 0.972. The second-order valence-corrected chi connectivity index (χ2v) is 2.29. The standard InChI is InChI=1S/C4H7N3S/c1-8-2-4-5-3-6-7-4/h3H,2H2,1H3,(H,5,6,7)/p+1. The molecule has 3 nitrogen and oxygen atoms in total. The van der Waals surface area contributed by atoms with E-state index in [1.54, 1.807) is 18.1 Å². The van der Waals surface area contributed by atoms with Crippen molar-refractivity contribution < 1.29 is 4.98 Å². The van der Waals surface area contributed by atoms with Crippen molar-refractivity contribution in [2.75, 3.05) is 6.26 Å². The van der Waals surface area contributed by atoms with Crippen LogP contribution in [0.4, 0.5) is 0 Å². The van der Waals surface area contributed by atoms with Gasteiger partial charge in [0.1, 0.15) is 0 Å². The molecule has 1 heterocycles. The first-order valence-electron chi connectivity index (χ1n) is 2.32. The fraction of sp³-hybridized carbons (Fsp3) is 0.500. The predicted octanol–water partition coefficient (Wildman–Crippen LogP) is 0.0868. The number of nitrogens with zero attached hydrogens (tertiary/aromatic N) is 1. The van der Waals surface area contributed by atoms with Crippen molar-refractivity contribution in [3.63, 3.8) is 0 Å². The summed E-state index contributed by atoms with van der Waals surface area (Å²) < 4.78 is 0.